The minimum Gasteiger partial charge on any atom is -0.415 e. The van der Waals surface area contributed by atoms with Crippen LogP contribution in [0.15, 0.2) is 46.9 Å². The normalized spacial score (nSPS) is 12.3. The van der Waals surface area contributed by atoms with Crippen molar-refractivity contribution < 1.29 is 9.73 Å². The number of halogens is 3. The lowest BCUT2D eigenvalue weighted by atomic mass is 10.1. The molecule has 0 aliphatic rings. The molecule has 1 atom stereocenters. The maximum absolute atomic E-state index is 6.24. The van der Waals surface area contributed by atoms with E-state index >= 15 is 0 Å². The molecule has 0 unspecified atom stereocenters. The third kappa shape index (κ3) is 4.08. The zero-order valence-corrected chi connectivity index (χ0v) is 15.1. The molecule has 0 amide bonds. The molecule has 24 heavy (non-hydrogen) atoms. The van der Waals surface area contributed by atoms with Crippen molar-refractivity contribution in [2.24, 2.45) is 0 Å². The largest absolute Gasteiger partial charge is 0.415 e. The Morgan fingerprint density at radius 2 is 1.71 bits per heavy atom. The molecule has 2 N–H and O–H groups in total. The maximum Gasteiger partial charge on any atom is 0.271 e. The molecule has 0 saturated heterocycles. The summed E-state index contributed by atoms with van der Waals surface area (Å²) < 4.78 is 5.69. The summed E-state index contributed by atoms with van der Waals surface area (Å²) in [5.74, 6) is 1.03. The Balaban J connectivity index is 1.65. The Morgan fingerprint density at radius 1 is 1.00 bits per heavy atom. The predicted molar refractivity (Wildman–Crippen MR) is 95.3 cm³/mol. The summed E-state index contributed by atoms with van der Waals surface area (Å²) in [6.07, 6.45) is 0. The molecule has 4 nitrogen and oxygen atoms in total. The number of rotatable bonds is 5. The first kappa shape index (κ1) is 17.2. The van der Waals surface area contributed by atoms with Crippen LogP contribution in [0.1, 0.15) is 24.4 Å². The highest BCUT2D eigenvalue weighted by Gasteiger charge is 2.15. The molecule has 0 spiro atoms. The van der Waals surface area contributed by atoms with Crippen molar-refractivity contribution in [3.8, 4) is 11.5 Å². The lowest BCUT2D eigenvalue weighted by molar-refractivity contribution is -0.709. The highest BCUT2D eigenvalue weighted by molar-refractivity contribution is 6.35. The van der Waals surface area contributed by atoms with Gasteiger partial charge in [0.25, 0.3) is 5.89 Å². The van der Waals surface area contributed by atoms with E-state index in [9.17, 15) is 0 Å². The second kappa shape index (κ2) is 7.53. The van der Waals surface area contributed by atoms with E-state index in [2.05, 4.69) is 22.4 Å². The van der Waals surface area contributed by atoms with Gasteiger partial charge in [0.15, 0.2) is 6.54 Å². The first-order valence-corrected chi connectivity index (χ1v) is 8.53. The average molecular weight is 384 g/mol. The molecule has 0 bridgehead atoms. The van der Waals surface area contributed by atoms with Gasteiger partial charge in [0.2, 0.25) is 5.89 Å². The smallest absolute Gasteiger partial charge is 0.271 e. The molecule has 0 aliphatic heterocycles. The molecule has 1 heterocycles. The van der Waals surface area contributed by atoms with Crippen LogP contribution in [0.5, 0.6) is 0 Å². The molecule has 2 aromatic carbocycles. The van der Waals surface area contributed by atoms with Crippen LogP contribution in [0.4, 0.5) is 0 Å². The Bertz CT molecular complexity index is 833. The number of aromatic nitrogens is 2. The van der Waals surface area contributed by atoms with Crippen molar-refractivity contribution in [1.29, 1.82) is 0 Å². The molecule has 0 saturated carbocycles. The van der Waals surface area contributed by atoms with Gasteiger partial charge in [0.05, 0.1) is 5.02 Å². The first-order valence-electron chi connectivity index (χ1n) is 7.39. The van der Waals surface area contributed by atoms with Gasteiger partial charge < -0.3 is 9.73 Å². The molecule has 7 heteroatoms. The van der Waals surface area contributed by atoms with Crippen LogP contribution in [0.25, 0.3) is 11.5 Å². The summed E-state index contributed by atoms with van der Waals surface area (Å²) in [5, 5.41) is 12.2. The Kier molecular flexibility index (Phi) is 5.41. The van der Waals surface area contributed by atoms with Gasteiger partial charge in [-0.25, -0.2) is 0 Å². The fourth-order valence-corrected chi connectivity index (χ4v) is 3.03. The average Bonchev–Trinajstić information content (AvgIpc) is 3.02. The fraction of sp³-hybridized carbons (Fsp3) is 0.176. The van der Waals surface area contributed by atoms with E-state index < -0.39 is 0 Å². The van der Waals surface area contributed by atoms with Gasteiger partial charge >= 0.3 is 0 Å². The maximum atomic E-state index is 6.24. The van der Waals surface area contributed by atoms with Crippen molar-refractivity contribution in [1.82, 2.24) is 10.2 Å². The van der Waals surface area contributed by atoms with Crippen molar-refractivity contribution >= 4 is 34.8 Å². The second-order valence-electron chi connectivity index (χ2n) is 5.40. The number of hydrogen-bond donors (Lipinski definition) is 1. The van der Waals surface area contributed by atoms with E-state index in [0.29, 0.717) is 33.4 Å². The van der Waals surface area contributed by atoms with Crippen molar-refractivity contribution in [2.45, 2.75) is 19.5 Å². The zero-order valence-electron chi connectivity index (χ0n) is 12.8. The van der Waals surface area contributed by atoms with E-state index in [1.165, 1.54) is 0 Å². The Hall–Kier alpha value is -1.59. The summed E-state index contributed by atoms with van der Waals surface area (Å²) in [6.45, 7) is 2.62. The van der Waals surface area contributed by atoms with E-state index in [1.54, 1.807) is 18.2 Å². The Morgan fingerprint density at radius 3 is 2.42 bits per heavy atom. The molecule has 124 valence electrons. The predicted octanol–water partition coefficient (Wildman–Crippen LogP) is 4.52. The molecule has 0 radical (unpaired) electrons. The lowest BCUT2D eigenvalue weighted by Crippen LogP contribution is -2.83. The minimum atomic E-state index is 0.139. The standard InChI is InChI=1S/C17H14Cl3N3O/c1-10(14-7-6-13(19)8-15(14)20)21-9-16-22-23-17(24-16)11-2-4-12(18)5-3-11/h2-8,10,21H,9H2,1H3/p+1/t10-/m0/s1. The van der Waals surface area contributed by atoms with Gasteiger partial charge in [-0.15, -0.1) is 10.2 Å². The molecule has 3 rings (SSSR count). The van der Waals surface area contributed by atoms with Gasteiger partial charge in [-0.05, 0) is 43.3 Å². The van der Waals surface area contributed by atoms with E-state index in [4.69, 9.17) is 39.2 Å². The molecule has 0 fully saturated rings. The number of benzene rings is 2. The third-order valence-electron chi connectivity index (χ3n) is 3.66. The summed E-state index contributed by atoms with van der Waals surface area (Å²) in [5.41, 5.74) is 1.85. The SMILES string of the molecule is C[C@H]([NH2+]Cc1nnc(-c2ccc(Cl)cc2)o1)c1ccc(Cl)cc1Cl. The summed E-state index contributed by atoms with van der Waals surface area (Å²) in [6, 6.07) is 12.9. The summed E-state index contributed by atoms with van der Waals surface area (Å²) in [7, 11) is 0. The Labute approximate surface area is 154 Å². The third-order valence-corrected chi connectivity index (χ3v) is 4.47. The van der Waals surface area contributed by atoms with Gasteiger partial charge in [-0.1, -0.05) is 40.9 Å². The second-order valence-corrected chi connectivity index (χ2v) is 6.68. The van der Waals surface area contributed by atoms with Gasteiger partial charge in [-0.3, -0.25) is 0 Å². The number of nitrogens with two attached hydrogens (primary N) is 1. The summed E-state index contributed by atoms with van der Waals surface area (Å²) >= 11 is 18.0. The van der Waals surface area contributed by atoms with Crippen LogP contribution in [0.3, 0.4) is 0 Å². The molecular weight excluding hydrogens is 369 g/mol. The highest BCUT2D eigenvalue weighted by atomic mass is 35.5. The van der Waals surface area contributed by atoms with Crippen LogP contribution in [-0.2, 0) is 6.54 Å². The van der Waals surface area contributed by atoms with E-state index in [-0.39, 0.29) is 6.04 Å². The van der Waals surface area contributed by atoms with Crippen LogP contribution < -0.4 is 5.32 Å². The molecular formula is C17H15Cl3N3O+. The van der Waals surface area contributed by atoms with Crippen LogP contribution in [0, 0.1) is 0 Å². The first-order chi connectivity index (χ1) is 11.5. The van der Waals surface area contributed by atoms with Crippen LogP contribution in [-0.4, -0.2) is 10.2 Å². The lowest BCUT2D eigenvalue weighted by Gasteiger charge is -2.11. The monoisotopic (exact) mass is 382 g/mol. The van der Waals surface area contributed by atoms with Crippen LogP contribution >= 0.6 is 34.8 Å². The van der Waals surface area contributed by atoms with Crippen molar-refractivity contribution in [3.63, 3.8) is 0 Å². The summed E-state index contributed by atoms with van der Waals surface area (Å²) in [4.78, 5) is 0. The quantitative estimate of drug-likeness (QED) is 0.704. The topological polar surface area (TPSA) is 55.5 Å². The van der Waals surface area contributed by atoms with E-state index in [0.717, 1.165) is 11.1 Å². The van der Waals surface area contributed by atoms with E-state index in [1.807, 2.05) is 24.3 Å². The molecule has 0 aliphatic carbocycles. The van der Waals surface area contributed by atoms with Crippen molar-refractivity contribution in [2.75, 3.05) is 0 Å². The van der Waals surface area contributed by atoms with Crippen molar-refractivity contribution in [3.05, 3.63) is 69.0 Å². The van der Waals surface area contributed by atoms with Gasteiger partial charge in [0.1, 0.15) is 6.04 Å². The zero-order chi connectivity index (χ0) is 17.1. The number of quaternary nitrogens is 1. The highest BCUT2D eigenvalue weighted by Crippen LogP contribution is 2.24. The van der Waals surface area contributed by atoms with Gasteiger partial charge in [0, 0.05) is 21.2 Å². The molecule has 3 aromatic rings. The minimum absolute atomic E-state index is 0.139. The van der Waals surface area contributed by atoms with Crippen LogP contribution in [0.2, 0.25) is 15.1 Å². The number of nitrogens with zero attached hydrogens (tertiary/aromatic N) is 2. The van der Waals surface area contributed by atoms with Gasteiger partial charge in [-0.2, -0.15) is 0 Å². The molecule has 1 aromatic heterocycles. The number of hydrogen-bond acceptors (Lipinski definition) is 3. The fourth-order valence-electron chi connectivity index (χ4n) is 2.32.